The molecule has 0 fully saturated rings. The molecule has 21 heavy (non-hydrogen) atoms. The van der Waals surface area contributed by atoms with E-state index < -0.39 is 48.1 Å². The fourth-order valence-electron chi connectivity index (χ4n) is 1.52. The first-order chi connectivity index (χ1) is 9.78. The minimum absolute atomic E-state index is 0.409. The maximum absolute atomic E-state index is 11.8. The van der Waals surface area contributed by atoms with Gasteiger partial charge in [0.05, 0.1) is 33.7 Å². The summed E-state index contributed by atoms with van der Waals surface area (Å²) >= 11 is 0. The summed E-state index contributed by atoms with van der Waals surface area (Å²) in [6.45, 7) is 3.24. The highest BCUT2D eigenvalue weighted by Gasteiger charge is 2.38. The molecule has 0 heterocycles. The van der Waals surface area contributed by atoms with E-state index in [1.54, 1.807) is 13.8 Å². The summed E-state index contributed by atoms with van der Waals surface area (Å²) in [5.74, 6) is -4.46. The molecule has 1 N–H and O–H groups in total. The van der Waals surface area contributed by atoms with Crippen molar-refractivity contribution in [2.24, 2.45) is 11.8 Å². The Bertz CT molecular complexity index is 405. The van der Waals surface area contributed by atoms with Gasteiger partial charge in [-0.2, -0.15) is 0 Å². The van der Waals surface area contributed by atoms with Crippen LogP contribution in [-0.4, -0.2) is 51.2 Å². The first kappa shape index (κ1) is 18.9. The molecular weight excluding hydrogens is 282 g/mol. The maximum Gasteiger partial charge on any atom is 0.329 e. The summed E-state index contributed by atoms with van der Waals surface area (Å²) in [6.07, 6.45) is -0.415. The second-order valence-electron chi connectivity index (χ2n) is 4.57. The number of amides is 1. The SMILES string of the molecule is COC(=O)C[C@@H](C(=O)OC)[C@@H](NC(=O)C(C)C)C(=O)OC. The van der Waals surface area contributed by atoms with Gasteiger partial charge in [-0.1, -0.05) is 13.8 Å². The average molecular weight is 303 g/mol. The third-order valence-corrected chi connectivity index (χ3v) is 2.80. The van der Waals surface area contributed by atoms with Crippen LogP contribution < -0.4 is 5.32 Å². The van der Waals surface area contributed by atoms with Crippen molar-refractivity contribution >= 4 is 23.8 Å². The molecule has 1 amide bonds. The summed E-state index contributed by atoms with van der Waals surface area (Å²) in [6, 6.07) is -1.32. The van der Waals surface area contributed by atoms with Gasteiger partial charge in [0.15, 0.2) is 0 Å². The quantitative estimate of drug-likeness (QED) is 0.506. The van der Waals surface area contributed by atoms with Gasteiger partial charge >= 0.3 is 17.9 Å². The number of hydrogen-bond acceptors (Lipinski definition) is 7. The van der Waals surface area contributed by atoms with Crippen molar-refractivity contribution in [3.8, 4) is 0 Å². The molecule has 0 aliphatic rings. The molecule has 0 radical (unpaired) electrons. The number of nitrogens with one attached hydrogen (secondary N) is 1. The first-order valence-electron chi connectivity index (χ1n) is 6.31. The lowest BCUT2D eigenvalue weighted by molar-refractivity contribution is -0.159. The average Bonchev–Trinajstić information content (AvgIpc) is 2.48. The van der Waals surface area contributed by atoms with Crippen molar-refractivity contribution in [1.29, 1.82) is 0 Å². The molecule has 0 saturated heterocycles. The third kappa shape index (κ3) is 5.80. The molecule has 0 aromatic rings. The summed E-state index contributed by atoms with van der Waals surface area (Å²) in [5.41, 5.74) is 0. The van der Waals surface area contributed by atoms with Crippen LogP contribution in [0.5, 0.6) is 0 Å². The largest absolute Gasteiger partial charge is 0.469 e. The molecule has 0 saturated carbocycles. The number of methoxy groups -OCH3 is 3. The molecule has 0 aliphatic heterocycles. The van der Waals surface area contributed by atoms with Crippen LogP contribution in [0.15, 0.2) is 0 Å². The molecule has 0 bridgehead atoms. The van der Waals surface area contributed by atoms with E-state index in [1.807, 2.05) is 0 Å². The molecule has 8 heteroatoms. The molecule has 0 rings (SSSR count). The smallest absolute Gasteiger partial charge is 0.329 e. The Morgan fingerprint density at radius 3 is 1.81 bits per heavy atom. The van der Waals surface area contributed by atoms with Gasteiger partial charge in [-0.15, -0.1) is 0 Å². The van der Waals surface area contributed by atoms with Gasteiger partial charge in [0.25, 0.3) is 0 Å². The molecule has 0 spiro atoms. The van der Waals surface area contributed by atoms with E-state index >= 15 is 0 Å². The van der Waals surface area contributed by atoms with Crippen molar-refractivity contribution in [3.63, 3.8) is 0 Å². The van der Waals surface area contributed by atoms with Crippen molar-refractivity contribution in [1.82, 2.24) is 5.32 Å². The van der Waals surface area contributed by atoms with E-state index in [4.69, 9.17) is 0 Å². The van der Waals surface area contributed by atoms with Gasteiger partial charge in [0.1, 0.15) is 6.04 Å². The minimum atomic E-state index is -1.32. The monoisotopic (exact) mass is 303 g/mol. The molecule has 0 aromatic heterocycles. The third-order valence-electron chi connectivity index (χ3n) is 2.80. The van der Waals surface area contributed by atoms with E-state index in [9.17, 15) is 19.2 Å². The van der Waals surface area contributed by atoms with Crippen molar-refractivity contribution < 1.29 is 33.4 Å². The van der Waals surface area contributed by atoms with Gasteiger partial charge in [-0.3, -0.25) is 14.4 Å². The molecule has 8 nitrogen and oxygen atoms in total. The molecule has 0 unspecified atom stereocenters. The van der Waals surface area contributed by atoms with Crippen LogP contribution in [0, 0.1) is 11.8 Å². The fraction of sp³-hybridized carbons (Fsp3) is 0.692. The van der Waals surface area contributed by atoms with Gasteiger partial charge in [-0.25, -0.2) is 4.79 Å². The van der Waals surface area contributed by atoms with Crippen LogP contribution in [0.25, 0.3) is 0 Å². The van der Waals surface area contributed by atoms with E-state index in [0.717, 1.165) is 21.3 Å². The van der Waals surface area contributed by atoms with E-state index in [0.29, 0.717) is 0 Å². The van der Waals surface area contributed by atoms with Crippen LogP contribution >= 0.6 is 0 Å². The van der Waals surface area contributed by atoms with Crippen LogP contribution in [0.3, 0.4) is 0 Å². The zero-order valence-electron chi connectivity index (χ0n) is 12.8. The highest BCUT2D eigenvalue weighted by molar-refractivity contribution is 5.91. The zero-order chi connectivity index (χ0) is 16.6. The first-order valence-corrected chi connectivity index (χ1v) is 6.31. The van der Waals surface area contributed by atoms with Crippen LogP contribution in [0.2, 0.25) is 0 Å². The number of ether oxygens (including phenoxy) is 3. The Kier molecular flexibility index (Phi) is 8.03. The van der Waals surface area contributed by atoms with Crippen LogP contribution in [0.1, 0.15) is 20.3 Å². The molecule has 0 aromatic carbocycles. The topological polar surface area (TPSA) is 108 Å². The van der Waals surface area contributed by atoms with Gasteiger partial charge < -0.3 is 19.5 Å². The number of rotatable bonds is 7. The van der Waals surface area contributed by atoms with Crippen molar-refractivity contribution in [3.05, 3.63) is 0 Å². The number of carbonyl (C=O) groups is 4. The predicted octanol–water partition coefficient (Wildman–Crippen LogP) is -0.347. The Hall–Kier alpha value is -2.12. The Labute approximate surface area is 123 Å². The number of hydrogen-bond donors (Lipinski definition) is 1. The second-order valence-corrected chi connectivity index (χ2v) is 4.57. The highest BCUT2D eigenvalue weighted by atomic mass is 16.5. The normalized spacial score (nSPS) is 13.0. The van der Waals surface area contributed by atoms with Gasteiger partial charge in [0, 0.05) is 5.92 Å². The fourth-order valence-corrected chi connectivity index (χ4v) is 1.52. The summed E-state index contributed by atoms with van der Waals surface area (Å²) in [7, 11) is 3.38. The van der Waals surface area contributed by atoms with Crippen LogP contribution in [-0.2, 0) is 33.4 Å². The Balaban J connectivity index is 5.35. The predicted molar refractivity (Wildman–Crippen MR) is 70.9 cm³/mol. The highest BCUT2D eigenvalue weighted by Crippen LogP contribution is 2.15. The van der Waals surface area contributed by atoms with Gasteiger partial charge in [-0.05, 0) is 0 Å². The zero-order valence-corrected chi connectivity index (χ0v) is 12.8. The molecular formula is C13H21NO7. The van der Waals surface area contributed by atoms with E-state index in [1.165, 1.54) is 0 Å². The van der Waals surface area contributed by atoms with E-state index in [-0.39, 0.29) is 0 Å². The summed E-state index contributed by atoms with van der Waals surface area (Å²) < 4.78 is 13.6. The van der Waals surface area contributed by atoms with E-state index in [2.05, 4.69) is 19.5 Å². The van der Waals surface area contributed by atoms with Crippen LogP contribution in [0.4, 0.5) is 0 Å². The summed E-state index contributed by atoms with van der Waals surface area (Å²) in [4.78, 5) is 46.7. The number of esters is 3. The lowest BCUT2D eigenvalue weighted by Gasteiger charge is -2.24. The molecule has 2 atom stereocenters. The maximum atomic E-state index is 11.8. The Morgan fingerprint density at radius 1 is 0.905 bits per heavy atom. The lowest BCUT2D eigenvalue weighted by Crippen LogP contribution is -2.51. The number of carbonyl (C=O) groups excluding carboxylic acids is 4. The standard InChI is InChI=1S/C13H21NO7/c1-7(2)11(16)14-10(13(18)21-5)8(12(17)20-4)6-9(15)19-3/h7-8,10H,6H2,1-5H3,(H,14,16)/t8-,10-/m1/s1. The lowest BCUT2D eigenvalue weighted by atomic mass is 9.95. The van der Waals surface area contributed by atoms with Crippen molar-refractivity contribution in [2.75, 3.05) is 21.3 Å². The van der Waals surface area contributed by atoms with Crippen molar-refractivity contribution in [2.45, 2.75) is 26.3 Å². The molecule has 120 valence electrons. The van der Waals surface area contributed by atoms with Gasteiger partial charge in [0.2, 0.25) is 5.91 Å². The summed E-state index contributed by atoms with van der Waals surface area (Å²) in [5, 5.41) is 2.39. The second kappa shape index (κ2) is 8.93. The minimum Gasteiger partial charge on any atom is -0.469 e. The molecule has 0 aliphatic carbocycles. The Morgan fingerprint density at radius 2 is 1.43 bits per heavy atom.